The summed E-state index contributed by atoms with van der Waals surface area (Å²) < 4.78 is 37.4. The topological polar surface area (TPSA) is 66.8 Å². The van der Waals surface area contributed by atoms with Crippen LogP contribution in [0.4, 0.5) is 10.1 Å². The van der Waals surface area contributed by atoms with Crippen molar-refractivity contribution in [2.24, 2.45) is 4.99 Å². The molecule has 0 unspecified atom stereocenters. The lowest BCUT2D eigenvalue weighted by Gasteiger charge is -2.26. The number of carbonyl (C=O) groups is 1. The summed E-state index contributed by atoms with van der Waals surface area (Å²) in [6.07, 6.45) is 0.0420. The van der Waals surface area contributed by atoms with Gasteiger partial charge >= 0.3 is 0 Å². The number of amides is 1. The van der Waals surface area contributed by atoms with Crippen molar-refractivity contribution in [2.75, 3.05) is 16.4 Å². The van der Waals surface area contributed by atoms with Crippen LogP contribution in [-0.4, -0.2) is 42.3 Å². The SMILES string of the molecule is Cc1ccc(Cl)cc1N1C(=NC(=O)Cc2ccc(F)cc2)S[C@H]2CS(=O)(=O)C[C@H]21. The van der Waals surface area contributed by atoms with E-state index in [1.807, 2.05) is 17.9 Å². The minimum atomic E-state index is -3.14. The van der Waals surface area contributed by atoms with Gasteiger partial charge in [-0.1, -0.05) is 41.6 Å². The van der Waals surface area contributed by atoms with Crippen molar-refractivity contribution < 1.29 is 17.6 Å². The molecule has 29 heavy (non-hydrogen) atoms. The van der Waals surface area contributed by atoms with Gasteiger partial charge in [0.1, 0.15) is 5.82 Å². The van der Waals surface area contributed by atoms with Gasteiger partial charge in [-0.3, -0.25) is 4.79 Å². The summed E-state index contributed by atoms with van der Waals surface area (Å²) >= 11 is 7.49. The number of hydrogen-bond acceptors (Lipinski definition) is 4. The van der Waals surface area contributed by atoms with Crippen molar-refractivity contribution in [1.29, 1.82) is 0 Å². The first-order valence-corrected chi connectivity index (χ1v) is 12.1. The molecule has 9 heteroatoms. The number of benzene rings is 2. The zero-order valence-electron chi connectivity index (χ0n) is 15.5. The van der Waals surface area contributed by atoms with Gasteiger partial charge in [0.2, 0.25) is 0 Å². The highest BCUT2D eigenvalue weighted by Gasteiger charge is 2.49. The monoisotopic (exact) mass is 452 g/mol. The highest BCUT2D eigenvalue weighted by Crippen LogP contribution is 2.42. The lowest BCUT2D eigenvalue weighted by Crippen LogP contribution is -2.38. The lowest BCUT2D eigenvalue weighted by molar-refractivity contribution is -0.117. The number of amidine groups is 1. The molecule has 152 valence electrons. The third-order valence-corrected chi connectivity index (χ3v) is 8.43. The van der Waals surface area contributed by atoms with Crippen molar-refractivity contribution in [3.8, 4) is 0 Å². The summed E-state index contributed by atoms with van der Waals surface area (Å²) in [4.78, 5) is 18.7. The highest BCUT2D eigenvalue weighted by atomic mass is 35.5. The summed E-state index contributed by atoms with van der Waals surface area (Å²) in [5.41, 5.74) is 2.33. The van der Waals surface area contributed by atoms with Crippen LogP contribution in [0.2, 0.25) is 5.02 Å². The number of thioether (sulfide) groups is 1. The minimum Gasteiger partial charge on any atom is -0.315 e. The van der Waals surface area contributed by atoms with Crippen molar-refractivity contribution in [1.82, 2.24) is 0 Å². The van der Waals surface area contributed by atoms with Gasteiger partial charge in [0.05, 0.1) is 24.0 Å². The van der Waals surface area contributed by atoms with Gasteiger partial charge in [0, 0.05) is 16.0 Å². The van der Waals surface area contributed by atoms with E-state index in [1.54, 1.807) is 24.3 Å². The number of fused-ring (bicyclic) bond motifs is 1. The summed E-state index contributed by atoms with van der Waals surface area (Å²) in [5, 5.41) is 0.819. The van der Waals surface area contributed by atoms with Crippen LogP contribution in [0.25, 0.3) is 0 Å². The molecule has 1 amide bonds. The normalized spacial score (nSPS) is 24.1. The van der Waals surface area contributed by atoms with Gasteiger partial charge in [0.15, 0.2) is 15.0 Å². The number of carbonyl (C=O) groups excluding carboxylic acids is 1. The van der Waals surface area contributed by atoms with E-state index in [-0.39, 0.29) is 40.9 Å². The molecule has 2 atom stereocenters. The van der Waals surface area contributed by atoms with E-state index < -0.39 is 9.84 Å². The average Bonchev–Trinajstić information content (AvgIpc) is 3.10. The summed E-state index contributed by atoms with van der Waals surface area (Å²) in [6, 6.07) is 10.8. The molecule has 4 rings (SSSR count). The molecule has 0 spiro atoms. The second-order valence-electron chi connectivity index (χ2n) is 7.19. The molecular formula is C20H18ClFN2O3S2. The van der Waals surface area contributed by atoms with E-state index in [4.69, 9.17) is 11.6 Å². The first-order chi connectivity index (χ1) is 13.7. The Morgan fingerprint density at radius 2 is 1.97 bits per heavy atom. The van der Waals surface area contributed by atoms with Gasteiger partial charge in [-0.2, -0.15) is 4.99 Å². The molecule has 0 bridgehead atoms. The molecule has 2 aromatic rings. The van der Waals surface area contributed by atoms with Gasteiger partial charge in [-0.05, 0) is 42.3 Å². The molecule has 2 heterocycles. The molecular weight excluding hydrogens is 435 g/mol. The van der Waals surface area contributed by atoms with Crippen LogP contribution in [0.15, 0.2) is 47.5 Å². The number of anilines is 1. The van der Waals surface area contributed by atoms with Crippen LogP contribution in [0.1, 0.15) is 11.1 Å². The number of sulfone groups is 1. The van der Waals surface area contributed by atoms with Crippen LogP contribution in [-0.2, 0) is 21.1 Å². The molecule has 2 aliphatic heterocycles. The Morgan fingerprint density at radius 1 is 1.24 bits per heavy atom. The van der Waals surface area contributed by atoms with Crippen molar-refractivity contribution in [3.63, 3.8) is 0 Å². The van der Waals surface area contributed by atoms with E-state index in [1.165, 1.54) is 23.9 Å². The maximum atomic E-state index is 13.1. The average molecular weight is 453 g/mol. The Balaban J connectivity index is 1.67. The Labute approximate surface area is 177 Å². The van der Waals surface area contributed by atoms with Crippen LogP contribution in [0, 0.1) is 12.7 Å². The van der Waals surface area contributed by atoms with Crippen LogP contribution in [0.3, 0.4) is 0 Å². The van der Waals surface area contributed by atoms with E-state index in [0.29, 0.717) is 15.8 Å². The molecule has 2 fully saturated rings. The number of hydrogen-bond donors (Lipinski definition) is 0. The molecule has 2 saturated heterocycles. The third-order valence-electron chi connectivity index (χ3n) is 4.99. The van der Waals surface area contributed by atoms with Crippen molar-refractivity contribution >= 4 is 50.0 Å². The maximum Gasteiger partial charge on any atom is 0.252 e. The number of rotatable bonds is 3. The van der Waals surface area contributed by atoms with E-state index >= 15 is 0 Å². The molecule has 0 radical (unpaired) electrons. The fourth-order valence-corrected chi connectivity index (χ4v) is 7.70. The quantitative estimate of drug-likeness (QED) is 0.711. The summed E-state index contributed by atoms with van der Waals surface area (Å²) in [5.74, 6) is -0.659. The number of aryl methyl sites for hydroxylation is 1. The standard InChI is InChI=1S/C20H18ClFN2O3S2/c1-12-2-5-14(21)9-16(12)24-17-10-29(26,27)11-18(17)28-20(24)23-19(25)8-13-3-6-15(22)7-4-13/h2-7,9,17-18H,8,10-11H2,1H3/t17-,18+/m1/s1. The molecule has 0 N–H and O–H groups in total. The van der Waals surface area contributed by atoms with Crippen molar-refractivity contribution in [2.45, 2.75) is 24.6 Å². The lowest BCUT2D eigenvalue weighted by atomic mass is 10.1. The van der Waals surface area contributed by atoms with E-state index in [2.05, 4.69) is 4.99 Å². The van der Waals surface area contributed by atoms with Crippen LogP contribution >= 0.6 is 23.4 Å². The van der Waals surface area contributed by atoms with Crippen LogP contribution < -0.4 is 4.90 Å². The molecule has 2 aromatic carbocycles. The molecule has 0 saturated carbocycles. The van der Waals surface area contributed by atoms with Crippen molar-refractivity contribution in [3.05, 3.63) is 64.4 Å². The minimum absolute atomic E-state index is 0.0157. The van der Waals surface area contributed by atoms with Crippen LogP contribution in [0.5, 0.6) is 0 Å². The molecule has 5 nitrogen and oxygen atoms in total. The second-order valence-corrected chi connectivity index (χ2v) is 11.0. The molecule has 0 aliphatic carbocycles. The van der Waals surface area contributed by atoms with Gasteiger partial charge in [-0.15, -0.1) is 0 Å². The number of aliphatic imine (C=N–C) groups is 1. The fraction of sp³-hybridized carbons (Fsp3) is 0.300. The Kier molecular flexibility index (Phi) is 5.44. The predicted octanol–water partition coefficient (Wildman–Crippen LogP) is 3.63. The number of halogens is 2. The zero-order valence-corrected chi connectivity index (χ0v) is 17.9. The van der Waals surface area contributed by atoms with Gasteiger partial charge in [-0.25, -0.2) is 12.8 Å². The smallest absolute Gasteiger partial charge is 0.252 e. The molecule has 2 aliphatic rings. The Morgan fingerprint density at radius 3 is 2.69 bits per heavy atom. The summed E-state index contributed by atoms with van der Waals surface area (Å²) in [6.45, 7) is 1.91. The zero-order chi connectivity index (χ0) is 20.8. The predicted molar refractivity (Wildman–Crippen MR) is 115 cm³/mol. The fourth-order valence-electron chi connectivity index (χ4n) is 3.61. The largest absolute Gasteiger partial charge is 0.315 e. The van der Waals surface area contributed by atoms with Gasteiger partial charge in [0.25, 0.3) is 5.91 Å². The van der Waals surface area contributed by atoms with E-state index in [0.717, 1.165) is 11.3 Å². The van der Waals surface area contributed by atoms with E-state index in [9.17, 15) is 17.6 Å². The van der Waals surface area contributed by atoms with Gasteiger partial charge < -0.3 is 4.90 Å². The summed E-state index contributed by atoms with van der Waals surface area (Å²) in [7, 11) is -3.14. The Bertz CT molecular complexity index is 1100. The number of nitrogens with zero attached hydrogens (tertiary/aromatic N) is 2. The second kappa shape index (κ2) is 7.74. The maximum absolute atomic E-state index is 13.1. The highest BCUT2D eigenvalue weighted by molar-refractivity contribution is 8.16. The third kappa shape index (κ3) is 4.34. The first kappa shape index (κ1) is 20.4. The Hall–Kier alpha value is -1.90. The first-order valence-electron chi connectivity index (χ1n) is 9.00. The molecule has 0 aromatic heterocycles.